The zero-order valence-electron chi connectivity index (χ0n) is 15.8. The number of thiazole rings is 2. The number of hydrogen-bond donors (Lipinski definition) is 0. The van der Waals surface area contributed by atoms with Crippen LogP contribution in [0.3, 0.4) is 0 Å². The predicted molar refractivity (Wildman–Crippen MR) is 115 cm³/mol. The van der Waals surface area contributed by atoms with Crippen LogP contribution in [0.1, 0.15) is 34.6 Å². The van der Waals surface area contributed by atoms with Gasteiger partial charge >= 0.3 is 0 Å². The van der Waals surface area contributed by atoms with Crippen molar-refractivity contribution in [3.05, 3.63) is 75.4 Å². The summed E-state index contributed by atoms with van der Waals surface area (Å²) >= 11 is 3.41. The number of nitrogens with zero attached hydrogens (tertiary/aromatic N) is 3. The van der Waals surface area contributed by atoms with Crippen LogP contribution in [-0.2, 0) is 13.2 Å². The third-order valence-corrected chi connectivity index (χ3v) is 7.11. The van der Waals surface area contributed by atoms with E-state index < -0.39 is 0 Å². The Bertz CT molecular complexity index is 1080. The molecule has 1 fully saturated rings. The van der Waals surface area contributed by atoms with Gasteiger partial charge < -0.3 is 4.74 Å². The maximum atomic E-state index is 13.0. The highest BCUT2D eigenvalue weighted by molar-refractivity contribution is 7.18. The highest BCUT2D eigenvalue weighted by atomic mass is 32.1. The summed E-state index contributed by atoms with van der Waals surface area (Å²) < 4.78 is 20.0. The van der Waals surface area contributed by atoms with Crippen molar-refractivity contribution in [2.24, 2.45) is 0 Å². The summed E-state index contributed by atoms with van der Waals surface area (Å²) in [5, 5.41) is 4.25. The van der Waals surface area contributed by atoms with Crippen LogP contribution in [0, 0.1) is 5.82 Å². The van der Waals surface area contributed by atoms with Crippen LogP contribution in [0.5, 0.6) is 5.75 Å². The molecule has 1 unspecified atom stereocenters. The van der Waals surface area contributed by atoms with E-state index >= 15 is 0 Å². The van der Waals surface area contributed by atoms with Gasteiger partial charge in [-0.3, -0.25) is 4.90 Å². The van der Waals surface area contributed by atoms with E-state index in [4.69, 9.17) is 14.7 Å². The number of halogens is 1. The molecule has 0 spiro atoms. The monoisotopic (exact) mass is 425 g/mol. The Morgan fingerprint density at radius 3 is 2.83 bits per heavy atom. The zero-order valence-corrected chi connectivity index (χ0v) is 17.4. The first-order chi connectivity index (χ1) is 14.2. The fraction of sp³-hybridized carbons (Fsp3) is 0.273. The van der Waals surface area contributed by atoms with Crippen LogP contribution in [0.15, 0.2) is 53.9 Å². The van der Waals surface area contributed by atoms with Crippen molar-refractivity contribution >= 4 is 32.9 Å². The van der Waals surface area contributed by atoms with Crippen molar-refractivity contribution in [2.45, 2.75) is 32.0 Å². The van der Waals surface area contributed by atoms with Gasteiger partial charge in [-0.15, -0.1) is 22.7 Å². The highest BCUT2D eigenvalue weighted by Gasteiger charge is 2.29. The van der Waals surface area contributed by atoms with Crippen LogP contribution in [0.2, 0.25) is 0 Å². The molecule has 2 aromatic heterocycles. The van der Waals surface area contributed by atoms with Crippen LogP contribution in [-0.4, -0.2) is 21.4 Å². The van der Waals surface area contributed by atoms with E-state index in [-0.39, 0.29) is 5.82 Å². The van der Waals surface area contributed by atoms with E-state index in [2.05, 4.69) is 28.5 Å². The number of ether oxygens (including phenoxy) is 1. The molecular formula is C22H20FN3OS2. The first-order valence-corrected chi connectivity index (χ1v) is 11.4. The third kappa shape index (κ3) is 4.17. The maximum absolute atomic E-state index is 13.0. The molecule has 0 radical (unpaired) electrons. The number of para-hydroxylation sites is 1. The summed E-state index contributed by atoms with van der Waals surface area (Å²) in [7, 11) is 0. The van der Waals surface area contributed by atoms with Crippen LogP contribution < -0.4 is 4.74 Å². The average Bonchev–Trinajstić information content (AvgIpc) is 3.47. The van der Waals surface area contributed by atoms with E-state index in [1.807, 2.05) is 6.07 Å². The SMILES string of the molecule is Fc1ccc(OCc2nc(CN3CCCC3c3nc4ccccc4s3)cs2)cc1. The molecule has 5 rings (SSSR count). The Hall–Kier alpha value is -2.35. The Morgan fingerprint density at radius 2 is 1.97 bits per heavy atom. The third-order valence-electron chi connectivity index (χ3n) is 5.10. The molecule has 29 heavy (non-hydrogen) atoms. The highest BCUT2D eigenvalue weighted by Crippen LogP contribution is 2.37. The predicted octanol–water partition coefficient (Wildman–Crippen LogP) is 5.81. The Labute approximate surface area is 176 Å². The molecule has 7 heteroatoms. The first-order valence-electron chi connectivity index (χ1n) is 9.66. The standard InChI is InChI=1S/C22H20FN3OS2/c23-15-7-9-17(10-8-15)27-13-21-24-16(14-28-21)12-26-11-3-5-19(26)22-25-18-4-1-2-6-20(18)29-22/h1-2,4,6-10,14,19H,3,5,11-13H2. The van der Waals surface area contributed by atoms with Gasteiger partial charge in [0.2, 0.25) is 0 Å². The second-order valence-electron chi connectivity index (χ2n) is 7.12. The van der Waals surface area contributed by atoms with Crippen molar-refractivity contribution in [1.82, 2.24) is 14.9 Å². The number of aromatic nitrogens is 2. The number of likely N-dealkylation sites (tertiary alicyclic amines) is 1. The molecule has 3 heterocycles. The summed E-state index contributed by atoms with van der Waals surface area (Å²) in [4.78, 5) is 12.1. The molecule has 2 aromatic carbocycles. The lowest BCUT2D eigenvalue weighted by molar-refractivity contribution is 0.245. The smallest absolute Gasteiger partial charge is 0.140 e. The van der Waals surface area contributed by atoms with Crippen molar-refractivity contribution in [3.8, 4) is 5.75 Å². The van der Waals surface area contributed by atoms with Gasteiger partial charge in [-0.1, -0.05) is 12.1 Å². The fourth-order valence-electron chi connectivity index (χ4n) is 3.70. The van der Waals surface area contributed by atoms with E-state index in [1.54, 1.807) is 34.8 Å². The lowest BCUT2D eigenvalue weighted by Gasteiger charge is -2.21. The van der Waals surface area contributed by atoms with Gasteiger partial charge in [-0.25, -0.2) is 14.4 Å². The molecule has 0 amide bonds. The van der Waals surface area contributed by atoms with E-state index in [0.29, 0.717) is 18.4 Å². The van der Waals surface area contributed by atoms with Gasteiger partial charge in [0.15, 0.2) is 0 Å². The van der Waals surface area contributed by atoms with E-state index in [0.717, 1.165) is 35.7 Å². The van der Waals surface area contributed by atoms with Crippen molar-refractivity contribution < 1.29 is 9.13 Å². The second kappa shape index (κ2) is 8.18. The lowest BCUT2D eigenvalue weighted by atomic mass is 10.2. The van der Waals surface area contributed by atoms with Crippen LogP contribution in [0.25, 0.3) is 10.2 Å². The Kier molecular flexibility index (Phi) is 5.26. The van der Waals surface area contributed by atoms with Gasteiger partial charge in [-0.2, -0.15) is 0 Å². The molecule has 0 aliphatic carbocycles. The second-order valence-corrected chi connectivity index (χ2v) is 9.13. The summed E-state index contributed by atoms with van der Waals surface area (Å²) in [5.41, 5.74) is 2.16. The molecule has 1 aliphatic rings. The Morgan fingerprint density at radius 1 is 1.10 bits per heavy atom. The number of benzene rings is 2. The number of hydrogen-bond acceptors (Lipinski definition) is 6. The van der Waals surface area contributed by atoms with Gasteiger partial charge in [-0.05, 0) is 55.8 Å². The summed E-state index contributed by atoms with van der Waals surface area (Å²) in [6.07, 6.45) is 2.33. The van der Waals surface area contributed by atoms with Gasteiger partial charge in [0, 0.05) is 11.9 Å². The minimum atomic E-state index is -0.262. The van der Waals surface area contributed by atoms with E-state index in [1.165, 1.54) is 28.3 Å². The van der Waals surface area contributed by atoms with Gasteiger partial charge in [0.05, 0.1) is 22.0 Å². The van der Waals surface area contributed by atoms with Crippen molar-refractivity contribution in [1.29, 1.82) is 0 Å². The number of rotatable bonds is 6. The molecule has 0 N–H and O–H groups in total. The average molecular weight is 426 g/mol. The Balaban J connectivity index is 1.24. The summed E-state index contributed by atoms with van der Waals surface area (Å²) in [5.74, 6) is 0.390. The normalized spacial score (nSPS) is 17.2. The topological polar surface area (TPSA) is 38.2 Å². The number of fused-ring (bicyclic) bond motifs is 1. The van der Waals surface area contributed by atoms with Crippen LogP contribution >= 0.6 is 22.7 Å². The first kappa shape index (κ1) is 18.7. The molecular weight excluding hydrogens is 405 g/mol. The van der Waals surface area contributed by atoms with Gasteiger partial charge in [0.1, 0.15) is 28.2 Å². The minimum absolute atomic E-state index is 0.262. The minimum Gasteiger partial charge on any atom is -0.486 e. The molecule has 0 saturated carbocycles. The summed E-state index contributed by atoms with van der Waals surface area (Å²) in [6.45, 7) is 2.30. The lowest BCUT2D eigenvalue weighted by Crippen LogP contribution is -2.22. The molecule has 1 saturated heterocycles. The van der Waals surface area contributed by atoms with Crippen molar-refractivity contribution in [2.75, 3.05) is 6.54 Å². The quantitative estimate of drug-likeness (QED) is 0.391. The fourth-order valence-corrected chi connectivity index (χ4v) is 5.53. The largest absolute Gasteiger partial charge is 0.486 e. The van der Waals surface area contributed by atoms with Crippen molar-refractivity contribution in [3.63, 3.8) is 0 Å². The molecule has 4 nitrogen and oxygen atoms in total. The van der Waals surface area contributed by atoms with E-state index in [9.17, 15) is 4.39 Å². The summed E-state index contributed by atoms with van der Waals surface area (Å²) in [6, 6.07) is 14.8. The maximum Gasteiger partial charge on any atom is 0.140 e. The molecule has 148 valence electrons. The van der Waals surface area contributed by atoms with Crippen LogP contribution in [0.4, 0.5) is 4.39 Å². The molecule has 1 aliphatic heterocycles. The molecule has 1 atom stereocenters. The molecule has 0 bridgehead atoms. The molecule has 4 aromatic rings. The van der Waals surface area contributed by atoms with Gasteiger partial charge in [0.25, 0.3) is 0 Å². The zero-order chi connectivity index (χ0) is 19.6.